The number of hydrogen-bond acceptors (Lipinski definition) is 9. The van der Waals surface area contributed by atoms with Crippen molar-refractivity contribution in [2.75, 3.05) is 39.4 Å². The van der Waals surface area contributed by atoms with Gasteiger partial charge in [0.1, 0.15) is 11.2 Å². The molecule has 13 nitrogen and oxygen atoms in total. The first-order valence-corrected chi connectivity index (χ1v) is 22.1. The SMILES string of the molecule is CC(C)C[C@@H](NC(=O)[C@H](CC(=O)CN(C(=O)OC(C)(C)C)C1C[C@@H]1c1ccccc1)Cc1ccccc1)C(=O)C[C@H](CCCCNC(=O)OC(C)(C)C)C(=O)N1CCOCC1. The van der Waals surface area contributed by atoms with Crippen molar-refractivity contribution in [3.8, 4) is 0 Å². The molecule has 61 heavy (non-hydrogen) atoms. The van der Waals surface area contributed by atoms with E-state index in [1.807, 2.05) is 74.5 Å². The summed E-state index contributed by atoms with van der Waals surface area (Å²) in [5.74, 6) is -2.44. The lowest BCUT2D eigenvalue weighted by Gasteiger charge is -2.31. The summed E-state index contributed by atoms with van der Waals surface area (Å²) >= 11 is 0. The van der Waals surface area contributed by atoms with Gasteiger partial charge in [-0.05, 0) is 90.7 Å². The molecule has 2 aliphatic rings. The molecular formula is C48H70N4O9. The van der Waals surface area contributed by atoms with Crippen LogP contribution < -0.4 is 10.6 Å². The van der Waals surface area contributed by atoms with Gasteiger partial charge in [-0.25, -0.2) is 9.59 Å². The number of hydrogen-bond donors (Lipinski definition) is 2. The van der Waals surface area contributed by atoms with Crippen molar-refractivity contribution in [1.29, 1.82) is 0 Å². The van der Waals surface area contributed by atoms with Gasteiger partial charge in [-0.15, -0.1) is 0 Å². The molecule has 2 aromatic rings. The van der Waals surface area contributed by atoms with E-state index >= 15 is 0 Å². The van der Waals surface area contributed by atoms with E-state index in [-0.39, 0.29) is 61.2 Å². The van der Waals surface area contributed by atoms with Crippen LogP contribution in [-0.2, 0) is 39.8 Å². The van der Waals surface area contributed by atoms with Crippen LogP contribution >= 0.6 is 0 Å². The number of carbonyl (C=O) groups is 6. The molecule has 0 aromatic heterocycles. The number of unbranched alkanes of at least 4 members (excludes halogenated alkanes) is 1. The fourth-order valence-corrected chi connectivity index (χ4v) is 7.70. The quantitative estimate of drug-likeness (QED) is 0.123. The molecule has 0 bridgehead atoms. The van der Waals surface area contributed by atoms with Gasteiger partial charge < -0.3 is 29.7 Å². The predicted octanol–water partition coefficient (Wildman–Crippen LogP) is 7.26. The van der Waals surface area contributed by atoms with Crippen molar-refractivity contribution < 1.29 is 43.0 Å². The Kier molecular flexibility index (Phi) is 18.3. The van der Waals surface area contributed by atoms with Crippen LogP contribution in [0.1, 0.15) is 117 Å². The van der Waals surface area contributed by atoms with Gasteiger partial charge in [-0.1, -0.05) is 80.9 Å². The summed E-state index contributed by atoms with van der Waals surface area (Å²) in [5.41, 5.74) is 0.550. The summed E-state index contributed by atoms with van der Waals surface area (Å²) in [7, 11) is 0. The first kappa shape index (κ1) is 48.9. The lowest BCUT2D eigenvalue weighted by Crippen LogP contribution is -2.48. The number of alkyl carbamates (subject to hydrolysis) is 1. The van der Waals surface area contributed by atoms with Crippen LogP contribution in [0.4, 0.5) is 9.59 Å². The molecule has 4 amide bonds. The average molecular weight is 847 g/mol. The summed E-state index contributed by atoms with van der Waals surface area (Å²) < 4.78 is 16.6. The fraction of sp³-hybridized carbons (Fsp3) is 0.625. The van der Waals surface area contributed by atoms with Gasteiger partial charge in [0, 0.05) is 56.3 Å². The van der Waals surface area contributed by atoms with E-state index in [0.717, 1.165) is 11.1 Å². The Morgan fingerprint density at radius 2 is 1.44 bits per heavy atom. The summed E-state index contributed by atoms with van der Waals surface area (Å²) in [6, 6.07) is 18.2. The number of nitrogens with zero attached hydrogens (tertiary/aromatic N) is 2. The Morgan fingerprint density at radius 3 is 2.05 bits per heavy atom. The second-order valence-corrected chi connectivity index (χ2v) is 19.0. The zero-order chi connectivity index (χ0) is 44.7. The second-order valence-electron chi connectivity index (χ2n) is 19.0. The number of Topliss-reactive ketones (excluding diaryl/α,β-unsaturated/α-hetero) is 2. The molecule has 336 valence electrons. The van der Waals surface area contributed by atoms with Gasteiger partial charge in [0.05, 0.1) is 25.8 Å². The summed E-state index contributed by atoms with van der Waals surface area (Å²) in [6.45, 7) is 16.5. The molecule has 2 N–H and O–H groups in total. The molecule has 1 saturated carbocycles. The highest BCUT2D eigenvalue weighted by atomic mass is 16.6. The van der Waals surface area contributed by atoms with E-state index in [4.69, 9.17) is 14.2 Å². The van der Waals surface area contributed by atoms with Crippen LogP contribution in [-0.4, -0.2) is 108 Å². The van der Waals surface area contributed by atoms with Gasteiger partial charge in [0.2, 0.25) is 11.8 Å². The van der Waals surface area contributed by atoms with Gasteiger partial charge >= 0.3 is 12.2 Å². The molecule has 1 aliphatic heterocycles. The number of amides is 4. The minimum Gasteiger partial charge on any atom is -0.444 e. The summed E-state index contributed by atoms with van der Waals surface area (Å²) in [6.07, 6.45) is 1.58. The monoisotopic (exact) mass is 847 g/mol. The van der Waals surface area contributed by atoms with Crippen LogP contribution in [0.25, 0.3) is 0 Å². The molecule has 0 spiro atoms. The third kappa shape index (κ3) is 17.3. The second kappa shape index (κ2) is 22.9. The largest absolute Gasteiger partial charge is 0.444 e. The summed E-state index contributed by atoms with van der Waals surface area (Å²) in [5, 5.41) is 5.78. The number of benzene rings is 2. The van der Waals surface area contributed by atoms with Crippen molar-refractivity contribution >= 4 is 35.6 Å². The lowest BCUT2D eigenvalue weighted by molar-refractivity contribution is -0.142. The van der Waals surface area contributed by atoms with E-state index < -0.39 is 47.2 Å². The Hall–Kier alpha value is -4.78. The number of morpholine rings is 1. The molecule has 2 fully saturated rings. The van der Waals surface area contributed by atoms with E-state index in [1.165, 1.54) is 4.90 Å². The molecular weight excluding hydrogens is 777 g/mol. The van der Waals surface area contributed by atoms with Gasteiger partial charge in [-0.2, -0.15) is 0 Å². The van der Waals surface area contributed by atoms with Gasteiger partial charge in [0.25, 0.3) is 0 Å². The van der Waals surface area contributed by atoms with Crippen molar-refractivity contribution in [3.63, 3.8) is 0 Å². The molecule has 1 unspecified atom stereocenters. The van der Waals surface area contributed by atoms with Crippen LogP contribution in [0.2, 0.25) is 0 Å². The molecule has 0 radical (unpaired) electrons. The topological polar surface area (TPSA) is 161 Å². The van der Waals surface area contributed by atoms with Gasteiger partial charge in [0.15, 0.2) is 11.6 Å². The smallest absolute Gasteiger partial charge is 0.410 e. The minimum atomic E-state index is -0.883. The first-order valence-electron chi connectivity index (χ1n) is 22.1. The third-order valence-electron chi connectivity index (χ3n) is 10.7. The molecule has 1 heterocycles. The van der Waals surface area contributed by atoms with E-state index in [2.05, 4.69) is 10.6 Å². The highest BCUT2D eigenvalue weighted by Crippen LogP contribution is 2.45. The standard InChI is InChI=1S/C48H70N4O9/c1-33(2)27-40(42(54)30-36(44(56)51-23-25-59-26-24-51)21-15-16-22-49-45(57)60-47(3,4)5)50-43(55)37(28-34-17-11-9-12-18-34)29-38(53)32-52(46(58)61-48(6,7)8)41-31-39(41)35-19-13-10-14-20-35/h9-14,17-20,33,36-37,39-41H,15-16,21-32H2,1-8H3,(H,49,57)(H,50,55)/t36-,37-,39+,40+,41?/m0/s1. The molecule has 1 saturated heterocycles. The lowest BCUT2D eigenvalue weighted by atomic mass is 9.88. The maximum absolute atomic E-state index is 14.4. The highest BCUT2D eigenvalue weighted by Gasteiger charge is 2.47. The normalized spacial score (nSPS) is 18.0. The van der Waals surface area contributed by atoms with Crippen LogP contribution in [0.3, 0.4) is 0 Å². The van der Waals surface area contributed by atoms with Crippen LogP contribution in [0.5, 0.6) is 0 Å². The molecule has 13 heteroatoms. The highest BCUT2D eigenvalue weighted by molar-refractivity contribution is 5.94. The molecule has 2 aromatic carbocycles. The number of ether oxygens (including phenoxy) is 3. The number of carbonyl (C=O) groups excluding carboxylic acids is 6. The molecule has 4 rings (SSSR count). The Labute approximate surface area is 363 Å². The number of nitrogens with one attached hydrogen (secondary N) is 2. The van der Waals surface area contributed by atoms with Crippen molar-refractivity contribution in [2.45, 2.75) is 136 Å². The van der Waals surface area contributed by atoms with Gasteiger partial charge in [-0.3, -0.25) is 24.1 Å². The van der Waals surface area contributed by atoms with Crippen molar-refractivity contribution in [3.05, 3.63) is 71.8 Å². The van der Waals surface area contributed by atoms with Crippen molar-refractivity contribution in [1.82, 2.24) is 20.4 Å². The van der Waals surface area contributed by atoms with E-state index in [9.17, 15) is 28.8 Å². The first-order chi connectivity index (χ1) is 28.8. The Bertz CT molecular complexity index is 1750. The minimum absolute atomic E-state index is 0.0364. The Morgan fingerprint density at radius 1 is 0.820 bits per heavy atom. The fourth-order valence-electron chi connectivity index (χ4n) is 7.70. The summed E-state index contributed by atoms with van der Waals surface area (Å²) in [4.78, 5) is 85.6. The predicted molar refractivity (Wildman–Crippen MR) is 234 cm³/mol. The van der Waals surface area contributed by atoms with Crippen LogP contribution in [0, 0.1) is 17.8 Å². The van der Waals surface area contributed by atoms with Crippen molar-refractivity contribution in [2.24, 2.45) is 17.8 Å². The zero-order valence-electron chi connectivity index (χ0n) is 37.7. The van der Waals surface area contributed by atoms with E-state index in [1.54, 1.807) is 46.4 Å². The average Bonchev–Trinajstić information content (AvgIpc) is 3.99. The zero-order valence-corrected chi connectivity index (χ0v) is 37.7. The molecule has 1 aliphatic carbocycles. The van der Waals surface area contributed by atoms with E-state index in [0.29, 0.717) is 65.0 Å². The Balaban J connectivity index is 1.49. The van der Waals surface area contributed by atoms with Crippen LogP contribution in [0.15, 0.2) is 60.7 Å². The number of rotatable bonds is 21. The maximum Gasteiger partial charge on any atom is 0.410 e. The molecule has 5 atom stereocenters. The maximum atomic E-state index is 14.4. The third-order valence-corrected chi connectivity index (χ3v) is 10.7. The number of ketones is 2.